The summed E-state index contributed by atoms with van der Waals surface area (Å²) in [6.07, 6.45) is -3.43. The number of nitrogen functional groups attached to an aromatic ring is 1. The van der Waals surface area contributed by atoms with Crippen LogP contribution in [0.15, 0.2) is 42.6 Å². The predicted molar refractivity (Wildman–Crippen MR) is 97.1 cm³/mol. The van der Waals surface area contributed by atoms with Gasteiger partial charge in [0.25, 0.3) is 5.91 Å². The molecule has 0 bridgehead atoms. The molecule has 0 saturated carbocycles. The van der Waals surface area contributed by atoms with Crippen LogP contribution < -0.4 is 20.5 Å². The zero-order valence-corrected chi connectivity index (χ0v) is 15.1. The van der Waals surface area contributed by atoms with Crippen molar-refractivity contribution in [2.24, 2.45) is 0 Å². The molecule has 0 radical (unpaired) electrons. The number of anilines is 1. The second-order valence-electron chi connectivity index (χ2n) is 5.80. The number of amides is 1. The van der Waals surface area contributed by atoms with E-state index in [4.69, 9.17) is 10.5 Å². The van der Waals surface area contributed by atoms with Gasteiger partial charge in [0.15, 0.2) is 0 Å². The first-order chi connectivity index (χ1) is 13.8. The van der Waals surface area contributed by atoms with Crippen LogP contribution >= 0.6 is 0 Å². The summed E-state index contributed by atoms with van der Waals surface area (Å²) in [7, 11) is 1.39. The molecule has 2 aromatic heterocycles. The largest absolute Gasteiger partial charge is 0.573 e. The number of H-pyrrole nitrogens is 1. The zero-order valence-electron chi connectivity index (χ0n) is 15.1. The third kappa shape index (κ3) is 4.94. The molecule has 1 amide bonds. The average molecular weight is 407 g/mol. The van der Waals surface area contributed by atoms with Crippen LogP contribution in [0.5, 0.6) is 11.5 Å². The minimum absolute atomic E-state index is 0.0291. The van der Waals surface area contributed by atoms with Gasteiger partial charge < -0.3 is 20.5 Å². The topological polar surface area (TPSA) is 115 Å². The van der Waals surface area contributed by atoms with Crippen LogP contribution in [0.3, 0.4) is 0 Å². The molecule has 8 nitrogen and oxygen atoms in total. The SMILES string of the molecule is COc1ccc(OC(F)(F)F)c(-c2ccc(CNC(=O)c3ccn[nH]3)nc2N)c1. The lowest BCUT2D eigenvalue weighted by Gasteiger charge is -2.16. The monoisotopic (exact) mass is 407 g/mol. The average Bonchev–Trinajstić information content (AvgIpc) is 3.20. The van der Waals surface area contributed by atoms with Gasteiger partial charge in [0, 0.05) is 17.3 Å². The van der Waals surface area contributed by atoms with E-state index in [-0.39, 0.29) is 35.1 Å². The van der Waals surface area contributed by atoms with E-state index in [0.29, 0.717) is 11.4 Å². The Morgan fingerprint density at radius 3 is 2.62 bits per heavy atom. The van der Waals surface area contributed by atoms with Crippen LogP contribution in [-0.4, -0.2) is 34.6 Å². The Labute approximate surface area is 162 Å². The lowest BCUT2D eigenvalue weighted by atomic mass is 10.0. The Morgan fingerprint density at radius 1 is 1.21 bits per heavy atom. The number of alkyl halides is 3. The van der Waals surface area contributed by atoms with Gasteiger partial charge in [0.05, 0.1) is 19.3 Å². The predicted octanol–water partition coefficient (Wildman–Crippen LogP) is 2.89. The standard InChI is InChI=1S/C18H16F3N5O3/c1-28-11-3-5-15(29-18(19,20)21)13(8-11)12-4-2-10(25-16(12)22)9-23-17(27)14-6-7-24-26-14/h2-8H,9H2,1H3,(H2,22,25)(H,23,27)(H,24,26). The summed E-state index contributed by atoms with van der Waals surface area (Å²) >= 11 is 0. The molecule has 2 heterocycles. The summed E-state index contributed by atoms with van der Waals surface area (Å²) in [6.45, 7) is 0.0619. The molecule has 0 saturated heterocycles. The number of nitrogens with one attached hydrogen (secondary N) is 2. The maximum Gasteiger partial charge on any atom is 0.573 e. The van der Waals surface area contributed by atoms with Crippen LogP contribution in [0.2, 0.25) is 0 Å². The summed E-state index contributed by atoms with van der Waals surface area (Å²) in [6, 6.07) is 8.39. The Morgan fingerprint density at radius 2 is 2.00 bits per heavy atom. The highest BCUT2D eigenvalue weighted by Crippen LogP contribution is 2.38. The minimum Gasteiger partial charge on any atom is -0.497 e. The summed E-state index contributed by atoms with van der Waals surface area (Å²) in [5, 5.41) is 8.83. The summed E-state index contributed by atoms with van der Waals surface area (Å²) < 4.78 is 47.3. The van der Waals surface area contributed by atoms with E-state index >= 15 is 0 Å². The lowest BCUT2D eigenvalue weighted by molar-refractivity contribution is -0.274. The second kappa shape index (κ2) is 8.09. The number of ether oxygens (including phenoxy) is 2. The highest BCUT2D eigenvalue weighted by atomic mass is 19.4. The fourth-order valence-corrected chi connectivity index (χ4v) is 2.55. The molecule has 3 rings (SSSR count). The van der Waals surface area contributed by atoms with Crippen molar-refractivity contribution >= 4 is 11.7 Å². The summed E-state index contributed by atoms with van der Waals surface area (Å²) in [5.41, 5.74) is 6.95. The first-order valence-corrected chi connectivity index (χ1v) is 8.24. The van der Waals surface area contributed by atoms with Crippen molar-refractivity contribution in [1.29, 1.82) is 0 Å². The molecule has 0 fully saturated rings. The van der Waals surface area contributed by atoms with E-state index in [2.05, 4.69) is 25.2 Å². The van der Waals surface area contributed by atoms with Gasteiger partial charge in [0.2, 0.25) is 0 Å². The van der Waals surface area contributed by atoms with Crippen molar-refractivity contribution in [3.63, 3.8) is 0 Å². The molecule has 4 N–H and O–H groups in total. The Bertz CT molecular complexity index is 1010. The van der Waals surface area contributed by atoms with Crippen molar-refractivity contribution in [3.05, 3.63) is 54.0 Å². The van der Waals surface area contributed by atoms with E-state index in [1.807, 2.05) is 0 Å². The number of benzene rings is 1. The molecule has 0 aliphatic rings. The molecule has 3 aromatic rings. The number of carbonyl (C=O) groups is 1. The number of carbonyl (C=O) groups excluding carboxylic acids is 1. The van der Waals surface area contributed by atoms with E-state index in [1.165, 1.54) is 43.6 Å². The number of nitrogens with two attached hydrogens (primary N) is 1. The number of nitrogens with zero attached hydrogens (tertiary/aromatic N) is 2. The summed E-state index contributed by atoms with van der Waals surface area (Å²) in [5.74, 6) is -0.531. The maximum absolute atomic E-state index is 12.7. The molecule has 11 heteroatoms. The molecule has 0 aliphatic carbocycles. The van der Waals surface area contributed by atoms with Gasteiger partial charge in [-0.05, 0) is 36.4 Å². The molecule has 0 aliphatic heterocycles. The number of hydrogen-bond donors (Lipinski definition) is 3. The Kier molecular flexibility index (Phi) is 5.57. The Hall–Kier alpha value is -3.76. The maximum atomic E-state index is 12.7. The number of halogens is 3. The number of methoxy groups -OCH3 is 1. The van der Waals surface area contributed by atoms with Crippen molar-refractivity contribution in [2.45, 2.75) is 12.9 Å². The van der Waals surface area contributed by atoms with Crippen molar-refractivity contribution in [1.82, 2.24) is 20.5 Å². The van der Waals surface area contributed by atoms with Crippen molar-refractivity contribution < 1.29 is 27.4 Å². The van der Waals surface area contributed by atoms with E-state index in [1.54, 1.807) is 0 Å². The lowest BCUT2D eigenvalue weighted by Crippen LogP contribution is -2.23. The van der Waals surface area contributed by atoms with Crippen LogP contribution in [0.1, 0.15) is 16.2 Å². The Balaban J connectivity index is 1.85. The third-order valence-electron chi connectivity index (χ3n) is 3.86. The first-order valence-electron chi connectivity index (χ1n) is 8.24. The molecule has 1 aromatic carbocycles. The van der Waals surface area contributed by atoms with E-state index in [0.717, 1.165) is 6.07 Å². The normalized spacial score (nSPS) is 11.2. The van der Waals surface area contributed by atoms with Gasteiger partial charge in [-0.2, -0.15) is 5.10 Å². The van der Waals surface area contributed by atoms with Gasteiger partial charge in [-0.15, -0.1) is 13.2 Å². The summed E-state index contributed by atoms with van der Waals surface area (Å²) in [4.78, 5) is 16.1. The molecule has 0 spiro atoms. The molecule has 0 atom stereocenters. The fourth-order valence-electron chi connectivity index (χ4n) is 2.55. The van der Waals surface area contributed by atoms with Gasteiger partial charge >= 0.3 is 6.36 Å². The van der Waals surface area contributed by atoms with Crippen LogP contribution in [0, 0.1) is 0 Å². The number of rotatable bonds is 6. The zero-order chi connectivity index (χ0) is 21.0. The van der Waals surface area contributed by atoms with Gasteiger partial charge in [0.1, 0.15) is 23.0 Å². The molecule has 0 unspecified atom stereocenters. The molecule has 29 heavy (non-hydrogen) atoms. The highest BCUT2D eigenvalue weighted by molar-refractivity contribution is 5.92. The highest BCUT2D eigenvalue weighted by Gasteiger charge is 2.32. The molecular weight excluding hydrogens is 391 g/mol. The minimum atomic E-state index is -4.87. The number of hydrogen-bond acceptors (Lipinski definition) is 6. The van der Waals surface area contributed by atoms with E-state index < -0.39 is 12.1 Å². The van der Waals surface area contributed by atoms with Crippen LogP contribution in [0.4, 0.5) is 19.0 Å². The van der Waals surface area contributed by atoms with Crippen LogP contribution in [0.25, 0.3) is 11.1 Å². The first kappa shape index (κ1) is 20.0. The molecule has 152 valence electrons. The van der Waals surface area contributed by atoms with E-state index in [9.17, 15) is 18.0 Å². The fraction of sp³-hybridized carbons (Fsp3) is 0.167. The second-order valence-corrected chi connectivity index (χ2v) is 5.80. The number of aromatic nitrogens is 3. The smallest absolute Gasteiger partial charge is 0.497 e. The third-order valence-corrected chi connectivity index (χ3v) is 3.86. The quantitative estimate of drug-likeness (QED) is 0.579. The number of pyridine rings is 1. The number of aromatic amines is 1. The van der Waals surface area contributed by atoms with Gasteiger partial charge in [-0.25, -0.2) is 4.98 Å². The molecular formula is C18H16F3N5O3. The van der Waals surface area contributed by atoms with Crippen molar-refractivity contribution in [3.8, 4) is 22.6 Å². The van der Waals surface area contributed by atoms with Crippen molar-refractivity contribution in [2.75, 3.05) is 12.8 Å². The van der Waals surface area contributed by atoms with Gasteiger partial charge in [-0.1, -0.05) is 0 Å². The van der Waals surface area contributed by atoms with Gasteiger partial charge in [-0.3, -0.25) is 9.89 Å². The van der Waals surface area contributed by atoms with Crippen LogP contribution in [-0.2, 0) is 6.54 Å².